The third kappa shape index (κ3) is 4.15. The maximum absolute atomic E-state index is 6.21. The van der Waals surface area contributed by atoms with Crippen LogP contribution in [0.15, 0.2) is 85.2 Å². The summed E-state index contributed by atoms with van der Waals surface area (Å²) in [5.41, 5.74) is 4.02. The van der Waals surface area contributed by atoms with E-state index in [1.54, 1.807) is 6.33 Å². The molecular weight excluding hydrogens is 431 g/mol. The van der Waals surface area contributed by atoms with Crippen molar-refractivity contribution >= 4 is 34.8 Å². The SMILES string of the molecule is Clc1ccc(C2=CC(c3ccc(OCc4ccccc4Cl)cc3)n3ncnc3N2)cc1. The van der Waals surface area contributed by atoms with E-state index >= 15 is 0 Å². The van der Waals surface area contributed by atoms with E-state index in [-0.39, 0.29) is 6.04 Å². The number of hydrogen-bond acceptors (Lipinski definition) is 4. The van der Waals surface area contributed by atoms with E-state index in [2.05, 4.69) is 21.5 Å². The Morgan fingerprint density at radius 3 is 2.48 bits per heavy atom. The predicted octanol–water partition coefficient (Wildman–Crippen LogP) is 6.22. The van der Waals surface area contributed by atoms with Crippen LogP contribution >= 0.6 is 23.2 Å². The number of halogens is 2. The molecule has 154 valence electrons. The largest absolute Gasteiger partial charge is 0.489 e. The van der Waals surface area contributed by atoms with Crippen molar-refractivity contribution in [1.29, 1.82) is 0 Å². The lowest BCUT2D eigenvalue weighted by molar-refractivity contribution is 0.306. The Labute approximate surface area is 189 Å². The van der Waals surface area contributed by atoms with Crippen LogP contribution < -0.4 is 10.1 Å². The molecular formula is C24H18Cl2N4O. The van der Waals surface area contributed by atoms with Crippen LogP contribution in [0.25, 0.3) is 5.70 Å². The summed E-state index contributed by atoms with van der Waals surface area (Å²) in [6, 6.07) is 23.3. The molecule has 0 amide bonds. The summed E-state index contributed by atoms with van der Waals surface area (Å²) in [4.78, 5) is 4.35. The number of allylic oxidation sites excluding steroid dienone is 1. The van der Waals surface area contributed by atoms with Crippen molar-refractivity contribution in [3.8, 4) is 5.75 Å². The lowest BCUT2D eigenvalue weighted by Gasteiger charge is -2.24. The molecule has 4 aromatic rings. The highest BCUT2D eigenvalue weighted by Crippen LogP contribution is 2.33. The number of aromatic nitrogens is 3. The second kappa shape index (κ2) is 8.46. The minimum absolute atomic E-state index is 0.0953. The average molecular weight is 449 g/mol. The van der Waals surface area contributed by atoms with Crippen LogP contribution in [0.3, 0.4) is 0 Å². The molecule has 1 unspecified atom stereocenters. The number of anilines is 1. The van der Waals surface area contributed by atoms with Crippen molar-refractivity contribution in [3.05, 3.63) is 112 Å². The van der Waals surface area contributed by atoms with Gasteiger partial charge >= 0.3 is 0 Å². The highest BCUT2D eigenvalue weighted by molar-refractivity contribution is 6.31. The summed E-state index contributed by atoms with van der Waals surface area (Å²) in [7, 11) is 0. The van der Waals surface area contributed by atoms with Crippen LogP contribution in [0.1, 0.15) is 22.7 Å². The molecule has 1 aliphatic rings. The van der Waals surface area contributed by atoms with Gasteiger partial charge < -0.3 is 10.1 Å². The Bertz CT molecular complexity index is 1230. The molecule has 5 rings (SSSR count). The molecule has 1 aromatic heterocycles. The van der Waals surface area contributed by atoms with E-state index in [4.69, 9.17) is 27.9 Å². The molecule has 7 heteroatoms. The molecule has 0 aliphatic carbocycles. The van der Waals surface area contributed by atoms with Crippen molar-refractivity contribution in [3.63, 3.8) is 0 Å². The van der Waals surface area contributed by atoms with Gasteiger partial charge in [-0.1, -0.05) is 65.7 Å². The van der Waals surface area contributed by atoms with Gasteiger partial charge in [0, 0.05) is 21.3 Å². The first-order valence-electron chi connectivity index (χ1n) is 9.78. The average Bonchev–Trinajstić information content (AvgIpc) is 3.28. The van der Waals surface area contributed by atoms with Crippen molar-refractivity contribution in [2.45, 2.75) is 12.6 Å². The topological polar surface area (TPSA) is 52.0 Å². The minimum atomic E-state index is -0.0953. The molecule has 2 heterocycles. The maximum Gasteiger partial charge on any atom is 0.226 e. The number of fused-ring (bicyclic) bond motifs is 1. The van der Waals surface area contributed by atoms with Gasteiger partial charge in [0.25, 0.3) is 0 Å². The van der Waals surface area contributed by atoms with E-state index < -0.39 is 0 Å². The molecule has 0 saturated carbocycles. The van der Waals surface area contributed by atoms with Gasteiger partial charge in [0.15, 0.2) is 0 Å². The highest BCUT2D eigenvalue weighted by Gasteiger charge is 2.23. The highest BCUT2D eigenvalue weighted by atomic mass is 35.5. The van der Waals surface area contributed by atoms with Crippen LogP contribution in [0.5, 0.6) is 5.75 Å². The zero-order chi connectivity index (χ0) is 21.2. The predicted molar refractivity (Wildman–Crippen MR) is 123 cm³/mol. The van der Waals surface area contributed by atoms with Gasteiger partial charge in [-0.05, 0) is 47.5 Å². The third-order valence-electron chi connectivity index (χ3n) is 5.14. The maximum atomic E-state index is 6.21. The molecule has 0 saturated heterocycles. The summed E-state index contributed by atoms with van der Waals surface area (Å²) in [6.07, 6.45) is 3.68. The fraction of sp³-hybridized carbons (Fsp3) is 0.0833. The molecule has 0 radical (unpaired) electrons. The van der Waals surface area contributed by atoms with Crippen LogP contribution in [0, 0.1) is 0 Å². The first-order valence-corrected chi connectivity index (χ1v) is 10.5. The van der Waals surface area contributed by atoms with Crippen LogP contribution in [-0.4, -0.2) is 14.8 Å². The minimum Gasteiger partial charge on any atom is -0.489 e. The van der Waals surface area contributed by atoms with E-state index in [0.29, 0.717) is 22.6 Å². The lowest BCUT2D eigenvalue weighted by atomic mass is 10.0. The normalized spacial score (nSPS) is 15.0. The van der Waals surface area contributed by atoms with Gasteiger partial charge in [-0.25, -0.2) is 4.68 Å². The van der Waals surface area contributed by atoms with Crippen molar-refractivity contribution < 1.29 is 4.74 Å². The third-order valence-corrected chi connectivity index (χ3v) is 5.76. The smallest absolute Gasteiger partial charge is 0.226 e. The Kier molecular flexibility index (Phi) is 5.37. The summed E-state index contributed by atoms with van der Waals surface area (Å²) in [6.45, 7) is 0.417. The van der Waals surface area contributed by atoms with Crippen molar-refractivity contribution in [2.24, 2.45) is 0 Å². The number of nitrogens with one attached hydrogen (secondary N) is 1. The number of ether oxygens (including phenoxy) is 1. The fourth-order valence-corrected chi connectivity index (χ4v) is 3.82. The zero-order valence-corrected chi connectivity index (χ0v) is 17.9. The van der Waals surface area contributed by atoms with E-state index in [0.717, 1.165) is 28.1 Å². The molecule has 0 spiro atoms. The van der Waals surface area contributed by atoms with E-state index in [1.165, 1.54) is 0 Å². The molecule has 1 atom stereocenters. The summed E-state index contributed by atoms with van der Waals surface area (Å²) < 4.78 is 7.77. The van der Waals surface area contributed by atoms with Crippen molar-refractivity contribution in [1.82, 2.24) is 14.8 Å². The first-order chi connectivity index (χ1) is 15.2. The quantitative estimate of drug-likeness (QED) is 0.393. The van der Waals surface area contributed by atoms with Crippen molar-refractivity contribution in [2.75, 3.05) is 5.32 Å². The Morgan fingerprint density at radius 1 is 0.935 bits per heavy atom. The van der Waals surface area contributed by atoms with E-state index in [1.807, 2.05) is 77.5 Å². The first kappa shape index (κ1) is 19.7. The van der Waals surface area contributed by atoms with Gasteiger partial charge in [0.2, 0.25) is 5.95 Å². The monoisotopic (exact) mass is 448 g/mol. The number of benzene rings is 3. The Balaban J connectivity index is 1.39. The standard InChI is InChI=1S/C24H18Cl2N4O/c25-19-9-5-16(6-10-19)22-13-23(30-24(29-22)27-15-28-30)17-7-11-20(12-8-17)31-14-18-3-1-2-4-21(18)26/h1-13,15,23H,14H2,(H,27,28,29). The van der Waals surface area contributed by atoms with Gasteiger partial charge in [-0.2, -0.15) is 10.1 Å². The number of rotatable bonds is 5. The van der Waals surface area contributed by atoms with E-state index in [9.17, 15) is 0 Å². The molecule has 0 fully saturated rings. The number of hydrogen-bond donors (Lipinski definition) is 1. The Hall–Kier alpha value is -3.28. The lowest BCUT2D eigenvalue weighted by Crippen LogP contribution is -2.20. The molecule has 5 nitrogen and oxygen atoms in total. The molecule has 0 bridgehead atoms. The zero-order valence-electron chi connectivity index (χ0n) is 16.4. The molecule has 31 heavy (non-hydrogen) atoms. The van der Waals surface area contributed by atoms with Gasteiger partial charge in [0.05, 0.1) is 0 Å². The molecule has 3 aromatic carbocycles. The van der Waals surface area contributed by atoms with Crippen LogP contribution in [0.2, 0.25) is 10.0 Å². The van der Waals surface area contributed by atoms with Crippen LogP contribution in [-0.2, 0) is 6.61 Å². The Morgan fingerprint density at radius 2 is 1.71 bits per heavy atom. The second-order valence-corrected chi connectivity index (χ2v) is 7.98. The van der Waals surface area contributed by atoms with Gasteiger partial charge in [0.1, 0.15) is 24.7 Å². The fourth-order valence-electron chi connectivity index (χ4n) is 3.51. The van der Waals surface area contributed by atoms with Gasteiger partial charge in [-0.3, -0.25) is 0 Å². The number of nitrogens with zero attached hydrogens (tertiary/aromatic N) is 3. The molecule has 1 N–H and O–H groups in total. The molecule has 1 aliphatic heterocycles. The summed E-state index contributed by atoms with van der Waals surface area (Å²) in [5, 5.41) is 9.14. The summed E-state index contributed by atoms with van der Waals surface area (Å²) in [5.74, 6) is 1.47. The summed E-state index contributed by atoms with van der Waals surface area (Å²) >= 11 is 12.3. The van der Waals surface area contributed by atoms with Gasteiger partial charge in [-0.15, -0.1) is 0 Å². The van der Waals surface area contributed by atoms with Crippen LogP contribution in [0.4, 0.5) is 5.95 Å². The second-order valence-electron chi connectivity index (χ2n) is 7.13.